The minimum atomic E-state index is -4.42. The molecule has 0 aliphatic carbocycles. The summed E-state index contributed by atoms with van der Waals surface area (Å²) in [6.45, 7) is 3.92. The van der Waals surface area contributed by atoms with Crippen molar-refractivity contribution in [1.29, 1.82) is 0 Å². The Kier molecular flexibility index (Phi) is 7.69. The van der Waals surface area contributed by atoms with Gasteiger partial charge in [-0.1, -0.05) is 48.0 Å². The Morgan fingerprint density at radius 1 is 0.841 bits per heavy atom. The summed E-state index contributed by atoms with van der Waals surface area (Å²) in [4.78, 5) is 28.1. The number of nitrogens with zero attached hydrogens (tertiary/aromatic N) is 5. The molecule has 0 radical (unpaired) electrons. The zero-order valence-corrected chi connectivity index (χ0v) is 24.0. The summed E-state index contributed by atoms with van der Waals surface area (Å²) in [6, 6.07) is 25.1. The highest BCUT2D eigenvalue weighted by atomic mass is 19.4. The molecule has 220 valence electrons. The molecule has 1 unspecified atom stereocenters. The van der Waals surface area contributed by atoms with Crippen LogP contribution in [0.5, 0.6) is 0 Å². The third-order valence-electron chi connectivity index (χ3n) is 7.47. The van der Waals surface area contributed by atoms with Gasteiger partial charge >= 0.3 is 6.18 Å². The highest BCUT2D eigenvalue weighted by Gasteiger charge is 2.30. The molecule has 3 aromatic heterocycles. The van der Waals surface area contributed by atoms with Gasteiger partial charge in [-0.15, -0.1) is 0 Å². The van der Waals surface area contributed by atoms with Gasteiger partial charge in [0.2, 0.25) is 0 Å². The van der Waals surface area contributed by atoms with Crippen molar-refractivity contribution >= 4 is 23.1 Å². The molecule has 0 aliphatic heterocycles. The number of rotatable bonds is 7. The number of aryl methyl sites for hydroxylation is 1. The minimum Gasteiger partial charge on any atom is -0.324 e. The standard InChI is InChI=1S/C35H28F3N5O/c1-23-10-18-29(19-11-23)43-33(41-31-9-4-3-8-30(31)34(43)44)24(2)42-22-28(17-16-27-7-5-6-20-39-27)40-32(42)21-25-12-14-26(15-13-25)35(36,37)38/h3-20,22,24H,21H2,1-2H3/b17-16+. The van der Waals surface area contributed by atoms with Crippen molar-refractivity contribution in [2.45, 2.75) is 32.5 Å². The highest BCUT2D eigenvalue weighted by Crippen LogP contribution is 2.30. The van der Waals surface area contributed by atoms with Gasteiger partial charge in [0.25, 0.3) is 5.56 Å². The van der Waals surface area contributed by atoms with Crippen LogP contribution in [0.25, 0.3) is 28.7 Å². The molecular weight excluding hydrogens is 563 g/mol. The fourth-order valence-corrected chi connectivity index (χ4v) is 5.14. The molecule has 0 N–H and O–H groups in total. The number of hydrogen-bond donors (Lipinski definition) is 0. The maximum absolute atomic E-state index is 13.9. The molecule has 0 spiro atoms. The van der Waals surface area contributed by atoms with E-state index >= 15 is 0 Å². The van der Waals surface area contributed by atoms with E-state index in [0.717, 1.165) is 23.4 Å². The zero-order chi connectivity index (χ0) is 30.8. The van der Waals surface area contributed by atoms with Crippen LogP contribution in [0.2, 0.25) is 0 Å². The molecule has 6 rings (SSSR count). The van der Waals surface area contributed by atoms with E-state index in [9.17, 15) is 18.0 Å². The summed E-state index contributed by atoms with van der Waals surface area (Å²) in [7, 11) is 0. The number of hydrogen-bond acceptors (Lipinski definition) is 4. The second-order valence-electron chi connectivity index (χ2n) is 10.6. The van der Waals surface area contributed by atoms with Crippen LogP contribution in [-0.4, -0.2) is 24.1 Å². The number of para-hydroxylation sites is 1. The number of fused-ring (bicyclic) bond motifs is 1. The van der Waals surface area contributed by atoms with E-state index in [-0.39, 0.29) is 12.0 Å². The second kappa shape index (κ2) is 11.8. The monoisotopic (exact) mass is 591 g/mol. The fraction of sp³-hybridized carbons (Fsp3) is 0.143. The van der Waals surface area contributed by atoms with Gasteiger partial charge in [0, 0.05) is 18.8 Å². The van der Waals surface area contributed by atoms with Crippen LogP contribution in [-0.2, 0) is 12.6 Å². The van der Waals surface area contributed by atoms with Crippen LogP contribution in [0.3, 0.4) is 0 Å². The van der Waals surface area contributed by atoms with E-state index in [1.165, 1.54) is 12.1 Å². The number of imidazole rings is 1. The molecule has 6 aromatic rings. The van der Waals surface area contributed by atoms with E-state index in [2.05, 4.69) is 4.98 Å². The Hall–Kier alpha value is -5.31. The van der Waals surface area contributed by atoms with Gasteiger partial charge in [-0.2, -0.15) is 13.2 Å². The maximum Gasteiger partial charge on any atom is 0.416 e. The lowest BCUT2D eigenvalue weighted by atomic mass is 10.1. The number of benzene rings is 3. The molecular formula is C35H28F3N5O. The normalized spacial score (nSPS) is 12.7. The maximum atomic E-state index is 13.9. The van der Waals surface area contributed by atoms with Crippen molar-refractivity contribution in [3.63, 3.8) is 0 Å². The van der Waals surface area contributed by atoms with Crippen LogP contribution in [0, 0.1) is 6.92 Å². The number of aromatic nitrogens is 5. The van der Waals surface area contributed by atoms with Crippen LogP contribution in [0.15, 0.2) is 108 Å². The Balaban J connectivity index is 1.48. The van der Waals surface area contributed by atoms with Gasteiger partial charge < -0.3 is 4.57 Å². The van der Waals surface area contributed by atoms with Gasteiger partial charge in [-0.3, -0.25) is 14.3 Å². The van der Waals surface area contributed by atoms with Gasteiger partial charge in [0.1, 0.15) is 11.6 Å². The van der Waals surface area contributed by atoms with Crippen molar-refractivity contribution < 1.29 is 13.2 Å². The molecule has 44 heavy (non-hydrogen) atoms. The minimum absolute atomic E-state index is 0.194. The molecule has 6 nitrogen and oxygen atoms in total. The molecule has 3 heterocycles. The van der Waals surface area contributed by atoms with Crippen molar-refractivity contribution in [2.24, 2.45) is 0 Å². The molecule has 9 heteroatoms. The van der Waals surface area contributed by atoms with Crippen LogP contribution in [0.4, 0.5) is 13.2 Å². The number of pyridine rings is 1. The van der Waals surface area contributed by atoms with E-state index in [0.29, 0.717) is 39.5 Å². The number of alkyl halides is 3. The Labute approximate surface area is 251 Å². The van der Waals surface area contributed by atoms with E-state index in [1.54, 1.807) is 16.8 Å². The van der Waals surface area contributed by atoms with E-state index in [1.807, 2.05) is 97.4 Å². The highest BCUT2D eigenvalue weighted by molar-refractivity contribution is 5.78. The van der Waals surface area contributed by atoms with Gasteiger partial charge in [-0.05, 0) is 80.1 Å². The van der Waals surface area contributed by atoms with Crippen LogP contribution < -0.4 is 5.56 Å². The summed E-state index contributed by atoms with van der Waals surface area (Å²) in [6.07, 6.45) is 3.09. The van der Waals surface area contributed by atoms with Crippen molar-refractivity contribution in [1.82, 2.24) is 24.1 Å². The van der Waals surface area contributed by atoms with E-state index in [4.69, 9.17) is 9.97 Å². The molecule has 0 saturated heterocycles. The summed E-state index contributed by atoms with van der Waals surface area (Å²) in [5.74, 6) is 1.11. The summed E-state index contributed by atoms with van der Waals surface area (Å²) in [5.41, 5.74) is 3.46. The Morgan fingerprint density at radius 2 is 1.55 bits per heavy atom. The van der Waals surface area contributed by atoms with Crippen LogP contribution in [0.1, 0.15) is 52.7 Å². The average molecular weight is 592 g/mol. The third kappa shape index (κ3) is 5.94. The first-order valence-electron chi connectivity index (χ1n) is 14.1. The predicted octanol–water partition coefficient (Wildman–Crippen LogP) is 7.67. The number of halogens is 3. The van der Waals surface area contributed by atoms with Crippen molar-refractivity contribution in [3.05, 3.63) is 153 Å². The molecule has 1 atom stereocenters. The first-order chi connectivity index (χ1) is 21.2. The van der Waals surface area contributed by atoms with Gasteiger partial charge in [-0.25, -0.2) is 9.97 Å². The van der Waals surface area contributed by atoms with Gasteiger partial charge in [0.15, 0.2) is 0 Å². The second-order valence-corrected chi connectivity index (χ2v) is 10.6. The largest absolute Gasteiger partial charge is 0.416 e. The molecule has 0 aliphatic rings. The smallest absolute Gasteiger partial charge is 0.324 e. The first kappa shape index (κ1) is 28.8. The molecule has 0 fully saturated rings. The van der Waals surface area contributed by atoms with Crippen molar-refractivity contribution in [2.75, 3.05) is 0 Å². The Morgan fingerprint density at radius 3 is 2.25 bits per heavy atom. The predicted molar refractivity (Wildman–Crippen MR) is 166 cm³/mol. The van der Waals surface area contributed by atoms with Gasteiger partial charge in [0.05, 0.1) is 39.6 Å². The lowest BCUT2D eigenvalue weighted by Gasteiger charge is -2.21. The quantitative estimate of drug-likeness (QED) is 0.191. The first-order valence-corrected chi connectivity index (χ1v) is 14.1. The average Bonchev–Trinajstić information content (AvgIpc) is 3.43. The molecule has 0 saturated carbocycles. The van der Waals surface area contributed by atoms with Crippen LogP contribution >= 0.6 is 0 Å². The fourth-order valence-electron chi connectivity index (χ4n) is 5.14. The summed E-state index contributed by atoms with van der Waals surface area (Å²) < 4.78 is 43.2. The summed E-state index contributed by atoms with van der Waals surface area (Å²) >= 11 is 0. The lowest BCUT2D eigenvalue weighted by molar-refractivity contribution is -0.137. The zero-order valence-electron chi connectivity index (χ0n) is 24.0. The SMILES string of the molecule is Cc1ccc(-n2c(C(C)n3cc(/C=C/c4ccccn4)nc3Cc3ccc(C(F)(F)F)cc3)nc3ccccc3c2=O)cc1. The lowest BCUT2D eigenvalue weighted by Crippen LogP contribution is -2.27. The third-order valence-corrected chi connectivity index (χ3v) is 7.47. The van der Waals surface area contributed by atoms with Crippen molar-refractivity contribution in [3.8, 4) is 5.69 Å². The summed E-state index contributed by atoms with van der Waals surface area (Å²) in [5, 5.41) is 0.499. The van der Waals surface area contributed by atoms with E-state index < -0.39 is 17.8 Å². The molecule has 0 amide bonds. The Bertz CT molecular complexity index is 2010. The molecule has 0 bridgehead atoms. The molecule has 3 aromatic carbocycles. The topological polar surface area (TPSA) is 65.6 Å².